The van der Waals surface area contributed by atoms with Gasteiger partial charge in [-0.25, -0.2) is 9.97 Å². The number of likely N-dealkylation sites (N-methyl/N-ethyl adjacent to an activating group) is 1. The van der Waals surface area contributed by atoms with Gasteiger partial charge in [-0.05, 0) is 55.6 Å². The van der Waals surface area contributed by atoms with Crippen LogP contribution in [0.1, 0.15) is 39.6 Å². The quantitative estimate of drug-likeness (QED) is 0.385. The van der Waals surface area contributed by atoms with Crippen molar-refractivity contribution in [1.29, 1.82) is 0 Å². The molecule has 1 aromatic carbocycles. The van der Waals surface area contributed by atoms with Gasteiger partial charge in [0, 0.05) is 67.5 Å². The predicted octanol–water partition coefficient (Wildman–Crippen LogP) is 4.89. The number of benzene rings is 1. The molecule has 0 unspecified atom stereocenters. The van der Waals surface area contributed by atoms with Gasteiger partial charge in [0.1, 0.15) is 10.4 Å². The Morgan fingerprint density at radius 1 is 1.13 bits per heavy atom. The average Bonchev–Trinajstić information content (AvgIpc) is 3.75. The highest BCUT2D eigenvalue weighted by atomic mass is 32.2. The van der Waals surface area contributed by atoms with E-state index in [1.807, 2.05) is 6.07 Å². The standard InChI is InChI=1S/C31H34F3N7O2S2/c1-39-15-30(16-39)17-40(7-6-36-30)19-4-5-23(21(10-19)18-2-3-18)37-29-35-12-22(31(32,33)34)26(38-29)24-11-25-27(45-24)28(42)41(8-9-44-25)20-13-43-14-20/h4-5,10-12,18,20,36H,2-3,6-9,13-17H2,1H3,(H,35,37,38). The topological polar surface area (TPSA) is 85.9 Å². The van der Waals surface area contributed by atoms with Crippen molar-refractivity contribution in [3.8, 4) is 10.6 Å². The molecule has 8 rings (SSSR count). The van der Waals surface area contributed by atoms with Gasteiger partial charge in [-0.2, -0.15) is 13.2 Å². The Morgan fingerprint density at radius 2 is 1.96 bits per heavy atom. The van der Waals surface area contributed by atoms with Crippen molar-refractivity contribution < 1.29 is 22.7 Å². The van der Waals surface area contributed by atoms with Crippen LogP contribution in [0.2, 0.25) is 0 Å². The highest BCUT2D eigenvalue weighted by Crippen LogP contribution is 2.47. The minimum atomic E-state index is -4.65. The molecular weight excluding hydrogens is 624 g/mol. The maximum absolute atomic E-state index is 14.2. The van der Waals surface area contributed by atoms with E-state index in [0.717, 1.165) is 80.0 Å². The van der Waals surface area contributed by atoms with E-state index in [1.165, 1.54) is 11.8 Å². The smallest absolute Gasteiger partial charge is 0.377 e. The number of amides is 1. The number of aromatic nitrogens is 2. The van der Waals surface area contributed by atoms with Crippen molar-refractivity contribution in [2.45, 2.75) is 41.4 Å². The first kappa shape index (κ1) is 29.5. The zero-order chi connectivity index (χ0) is 30.9. The molecular formula is C31H34F3N7O2S2. The zero-order valence-corrected chi connectivity index (χ0v) is 26.5. The maximum atomic E-state index is 14.2. The number of anilines is 3. The van der Waals surface area contributed by atoms with Gasteiger partial charge in [0.2, 0.25) is 5.95 Å². The second-order valence-electron chi connectivity index (χ2n) is 12.8. The Morgan fingerprint density at radius 3 is 2.67 bits per heavy atom. The molecule has 0 atom stereocenters. The molecule has 1 aliphatic carbocycles. The van der Waals surface area contributed by atoms with E-state index < -0.39 is 11.7 Å². The Balaban J connectivity index is 1.09. The number of hydrogen-bond donors (Lipinski definition) is 2. The Kier molecular flexibility index (Phi) is 7.28. The minimum Gasteiger partial charge on any atom is -0.377 e. The molecule has 2 aromatic heterocycles. The number of thioether (sulfide) groups is 1. The molecule has 45 heavy (non-hydrogen) atoms. The summed E-state index contributed by atoms with van der Waals surface area (Å²) in [4.78, 5) is 30.0. The van der Waals surface area contributed by atoms with E-state index in [2.05, 4.69) is 49.6 Å². The average molecular weight is 658 g/mol. The van der Waals surface area contributed by atoms with Crippen molar-refractivity contribution in [2.75, 3.05) is 75.5 Å². The van der Waals surface area contributed by atoms with Crippen molar-refractivity contribution in [1.82, 2.24) is 25.1 Å². The van der Waals surface area contributed by atoms with Gasteiger partial charge in [-0.15, -0.1) is 23.1 Å². The molecule has 4 aliphatic heterocycles. The van der Waals surface area contributed by atoms with Gasteiger partial charge < -0.3 is 30.1 Å². The second-order valence-corrected chi connectivity index (χ2v) is 15.0. The fourth-order valence-corrected chi connectivity index (χ4v) is 9.23. The molecule has 3 saturated heterocycles. The Hall–Kier alpha value is -2.91. The highest BCUT2D eigenvalue weighted by Gasteiger charge is 2.44. The fourth-order valence-electron chi connectivity index (χ4n) is 6.91. The number of fused-ring (bicyclic) bond motifs is 1. The molecule has 9 nitrogen and oxygen atoms in total. The molecule has 14 heteroatoms. The van der Waals surface area contributed by atoms with Crippen LogP contribution in [0.25, 0.3) is 10.6 Å². The normalized spacial score (nSPS) is 22.2. The number of hydrogen-bond acceptors (Lipinski definition) is 10. The van der Waals surface area contributed by atoms with Crippen molar-refractivity contribution >= 4 is 46.3 Å². The van der Waals surface area contributed by atoms with Crippen LogP contribution in [-0.4, -0.2) is 103 Å². The number of carbonyl (C=O) groups is 1. The van der Waals surface area contributed by atoms with Crippen LogP contribution in [0, 0.1) is 0 Å². The molecule has 1 spiro atoms. The summed E-state index contributed by atoms with van der Waals surface area (Å²) in [6.07, 6.45) is -1.66. The summed E-state index contributed by atoms with van der Waals surface area (Å²) in [6.45, 7) is 6.40. The molecule has 6 heterocycles. The minimum absolute atomic E-state index is 0.00912. The van der Waals surface area contributed by atoms with Crippen LogP contribution in [-0.2, 0) is 10.9 Å². The first-order chi connectivity index (χ1) is 21.7. The summed E-state index contributed by atoms with van der Waals surface area (Å²) in [7, 11) is 2.14. The van der Waals surface area contributed by atoms with Crippen LogP contribution in [0.5, 0.6) is 0 Å². The Bertz CT molecular complexity index is 1630. The monoisotopic (exact) mass is 657 g/mol. The number of piperazine rings is 1. The maximum Gasteiger partial charge on any atom is 0.420 e. The summed E-state index contributed by atoms with van der Waals surface area (Å²) in [5.41, 5.74) is 2.11. The Labute approximate surface area is 267 Å². The van der Waals surface area contributed by atoms with Gasteiger partial charge >= 0.3 is 6.18 Å². The number of nitrogens with zero attached hydrogens (tertiary/aromatic N) is 5. The van der Waals surface area contributed by atoms with E-state index in [-0.39, 0.29) is 29.1 Å². The van der Waals surface area contributed by atoms with Crippen LogP contribution in [0.3, 0.4) is 0 Å². The SMILES string of the molecule is CN1CC2(C1)CN(c1ccc(Nc3ncc(C(F)(F)F)c(-c4cc5c(s4)C(=O)N(C4COC4)CCS5)n3)c(C3CC3)c1)CCN2. The zero-order valence-electron chi connectivity index (χ0n) is 24.8. The van der Waals surface area contributed by atoms with E-state index in [1.54, 1.807) is 11.0 Å². The third-order valence-corrected chi connectivity index (χ3v) is 11.6. The molecule has 238 valence electrons. The van der Waals surface area contributed by atoms with E-state index >= 15 is 0 Å². The lowest BCUT2D eigenvalue weighted by molar-refractivity contribution is -0.137. The van der Waals surface area contributed by atoms with Gasteiger partial charge in [0.25, 0.3) is 5.91 Å². The molecule has 2 N–H and O–H groups in total. The fraction of sp³-hybridized carbons (Fsp3) is 0.516. The van der Waals surface area contributed by atoms with Crippen LogP contribution in [0.15, 0.2) is 35.4 Å². The van der Waals surface area contributed by atoms with Crippen LogP contribution < -0.4 is 15.5 Å². The number of thiophene rings is 1. The molecule has 1 saturated carbocycles. The third-order valence-electron chi connectivity index (χ3n) is 9.32. The van der Waals surface area contributed by atoms with E-state index in [0.29, 0.717) is 46.1 Å². The summed E-state index contributed by atoms with van der Waals surface area (Å²) in [6, 6.07) is 8.00. The lowest BCUT2D eigenvalue weighted by Crippen LogP contribution is -2.75. The number of halogens is 3. The molecule has 4 fully saturated rings. The van der Waals surface area contributed by atoms with Gasteiger partial charge in [-0.1, -0.05) is 0 Å². The van der Waals surface area contributed by atoms with Crippen LogP contribution in [0.4, 0.5) is 30.5 Å². The number of rotatable bonds is 6. The van der Waals surface area contributed by atoms with Gasteiger partial charge in [0.15, 0.2) is 0 Å². The van der Waals surface area contributed by atoms with Crippen molar-refractivity contribution in [3.63, 3.8) is 0 Å². The number of alkyl halides is 3. The molecule has 5 aliphatic rings. The summed E-state index contributed by atoms with van der Waals surface area (Å²) in [5.74, 6) is 1.00. The van der Waals surface area contributed by atoms with Gasteiger partial charge in [0.05, 0.1) is 35.4 Å². The molecule has 1 amide bonds. The van der Waals surface area contributed by atoms with Gasteiger partial charge in [-0.3, -0.25) is 4.79 Å². The summed E-state index contributed by atoms with van der Waals surface area (Å²) < 4.78 is 48.0. The molecule has 0 radical (unpaired) electrons. The second kappa shape index (κ2) is 11.1. The van der Waals surface area contributed by atoms with E-state index in [4.69, 9.17) is 4.74 Å². The lowest BCUT2D eigenvalue weighted by Gasteiger charge is -2.54. The number of carbonyl (C=O) groups excluding carboxylic acids is 1. The largest absolute Gasteiger partial charge is 0.420 e. The van der Waals surface area contributed by atoms with E-state index in [9.17, 15) is 18.0 Å². The number of likely N-dealkylation sites (tertiary alicyclic amines) is 1. The predicted molar refractivity (Wildman–Crippen MR) is 169 cm³/mol. The highest BCUT2D eigenvalue weighted by molar-refractivity contribution is 7.99. The lowest BCUT2D eigenvalue weighted by atomic mass is 9.87. The first-order valence-corrected chi connectivity index (χ1v) is 17.2. The first-order valence-electron chi connectivity index (χ1n) is 15.4. The molecule has 0 bridgehead atoms. The third kappa shape index (κ3) is 5.58. The number of nitrogens with one attached hydrogen (secondary N) is 2. The van der Waals surface area contributed by atoms with Crippen LogP contribution >= 0.6 is 23.1 Å². The number of ether oxygens (including phenoxy) is 1. The summed E-state index contributed by atoms with van der Waals surface area (Å²) >= 11 is 2.56. The summed E-state index contributed by atoms with van der Waals surface area (Å²) in [5, 5.41) is 6.96. The molecule has 3 aromatic rings. The van der Waals surface area contributed by atoms with Crippen molar-refractivity contribution in [2.24, 2.45) is 0 Å². The van der Waals surface area contributed by atoms with Crippen molar-refractivity contribution in [3.05, 3.63) is 46.5 Å².